The average Bonchev–Trinajstić information content (AvgIpc) is 2.45. The Bertz CT molecular complexity index is 387. The van der Waals surface area contributed by atoms with E-state index in [0.717, 1.165) is 0 Å². The summed E-state index contributed by atoms with van der Waals surface area (Å²) in [6.45, 7) is 1.78. The molecule has 0 radical (unpaired) electrons. The van der Waals surface area contributed by atoms with Gasteiger partial charge in [-0.15, -0.1) is 0 Å². The van der Waals surface area contributed by atoms with Gasteiger partial charge in [0, 0.05) is 19.4 Å². The lowest BCUT2D eigenvalue weighted by Gasteiger charge is -2.65. The summed E-state index contributed by atoms with van der Waals surface area (Å²) in [5.41, 5.74) is -2.28. The summed E-state index contributed by atoms with van der Waals surface area (Å²) in [6.07, 6.45) is 0.601. The van der Waals surface area contributed by atoms with Crippen molar-refractivity contribution in [2.75, 3.05) is 13.7 Å². The highest BCUT2D eigenvalue weighted by Gasteiger charge is 2.93. The molecule has 16 heavy (non-hydrogen) atoms. The van der Waals surface area contributed by atoms with E-state index >= 15 is 0 Å². The van der Waals surface area contributed by atoms with E-state index in [2.05, 4.69) is 0 Å². The molecule has 0 aromatic carbocycles. The molecule has 2 N–H and O–H groups in total. The van der Waals surface area contributed by atoms with Gasteiger partial charge in [-0.2, -0.15) is 0 Å². The van der Waals surface area contributed by atoms with E-state index in [1.807, 2.05) is 6.92 Å². The van der Waals surface area contributed by atoms with Crippen LogP contribution >= 0.6 is 0 Å². The van der Waals surface area contributed by atoms with Crippen LogP contribution in [0.2, 0.25) is 0 Å². The zero-order valence-electron chi connectivity index (χ0n) is 9.40. The molecule has 3 aliphatic heterocycles. The lowest BCUT2D eigenvalue weighted by atomic mass is 9.41. The second kappa shape index (κ2) is 2.20. The van der Waals surface area contributed by atoms with Crippen LogP contribution in [-0.4, -0.2) is 47.2 Å². The van der Waals surface area contributed by atoms with E-state index in [4.69, 9.17) is 14.2 Å². The normalized spacial score (nSPS) is 69.8. The fraction of sp³-hybridized carbons (Fsp3) is 1.00. The molecule has 3 heterocycles. The Morgan fingerprint density at radius 3 is 2.75 bits per heavy atom. The van der Waals surface area contributed by atoms with E-state index in [-0.39, 0.29) is 12.5 Å². The maximum absolute atomic E-state index is 10.7. The van der Waals surface area contributed by atoms with E-state index in [9.17, 15) is 10.2 Å². The molecule has 90 valence electrons. The molecule has 0 aromatic heterocycles. The predicted octanol–water partition coefficient (Wildman–Crippen LogP) is -0.392. The van der Waals surface area contributed by atoms with Crippen molar-refractivity contribution in [2.24, 2.45) is 11.3 Å². The predicted molar refractivity (Wildman–Crippen MR) is 51.3 cm³/mol. The summed E-state index contributed by atoms with van der Waals surface area (Å²) in [5, 5.41) is 20.4. The number of hydrogen-bond acceptors (Lipinski definition) is 5. The van der Waals surface area contributed by atoms with Crippen molar-refractivity contribution in [2.45, 2.75) is 43.0 Å². The van der Waals surface area contributed by atoms with Crippen LogP contribution in [0.5, 0.6) is 0 Å². The fourth-order valence-corrected chi connectivity index (χ4v) is 4.67. The van der Waals surface area contributed by atoms with Gasteiger partial charge < -0.3 is 24.4 Å². The van der Waals surface area contributed by atoms with Crippen LogP contribution in [-0.2, 0) is 14.2 Å². The smallest absolute Gasteiger partial charge is 0.177 e. The van der Waals surface area contributed by atoms with Gasteiger partial charge in [0.1, 0.15) is 11.2 Å². The van der Waals surface area contributed by atoms with E-state index in [1.165, 1.54) is 0 Å². The quantitative estimate of drug-likeness (QED) is 0.673. The third kappa shape index (κ3) is 0.573. The Hall–Kier alpha value is -0.200. The molecule has 3 aliphatic carbocycles. The first kappa shape index (κ1) is 9.79. The fourth-order valence-electron chi connectivity index (χ4n) is 4.67. The van der Waals surface area contributed by atoms with Crippen LogP contribution in [0.4, 0.5) is 0 Å². The minimum atomic E-state index is -0.956. The van der Waals surface area contributed by atoms with Crippen LogP contribution in [0.1, 0.15) is 19.8 Å². The van der Waals surface area contributed by atoms with Gasteiger partial charge in [-0.05, 0) is 13.3 Å². The van der Waals surface area contributed by atoms with Gasteiger partial charge in [-0.25, -0.2) is 0 Å². The molecule has 0 amide bonds. The van der Waals surface area contributed by atoms with Crippen molar-refractivity contribution in [3.8, 4) is 0 Å². The highest BCUT2D eigenvalue weighted by Crippen LogP contribution is 2.80. The van der Waals surface area contributed by atoms with Crippen molar-refractivity contribution >= 4 is 0 Å². The van der Waals surface area contributed by atoms with Crippen LogP contribution in [0.3, 0.4) is 0 Å². The molecular formula is C11H16O5. The molecule has 5 nitrogen and oxygen atoms in total. The number of rotatable bonds is 2. The molecule has 6 fully saturated rings. The van der Waals surface area contributed by atoms with Gasteiger partial charge in [-0.1, -0.05) is 0 Å². The summed E-state index contributed by atoms with van der Waals surface area (Å²) in [5.74, 6) is -0.620. The van der Waals surface area contributed by atoms with Crippen LogP contribution in [0.25, 0.3) is 0 Å². The zero-order valence-corrected chi connectivity index (χ0v) is 9.40. The van der Waals surface area contributed by atoms with Crippen molar-refractivity contribution in [1.29, 1.82) is 0 Å². The molecule has 5 heteroatoms. The lowest BCUT2D eigenvalue weighted by Crippen LogP contribution is -2.78. The SMILES string of the molecule is CO[C@]12C[C@]3(C)O[C@H](O1)[C@]1(CO)[C@H]2C[C@@]13O. The third-order valence-corrected chi connectivity index (χ3v) is 5.58. The number of ether oxygens (including phenoxy) is 3. The van der Waals surface area contributed by atoms with Crippen molar-refractivity contribution < 1.29 is 24.4 Å². The summed E-state index contributed by atoms with van der Waals surface area (Å²) in [6, 6.07) is 0. The Morgan fingerprint density at radius 2 is 2.19 bits per heavy atom. The monoisotopic (exact) mass is 228 g/mol. The molecule has 0 unspecified atom stereocenters. The minimum absolute atomic E-state index is 0.0422. The largest absolute Gasteiger partial charge is 0.395 e. The van der Waals surface area contributed by atoms with E-state index in [0.29, 0.717) is 12.8 Å². The topological polar surface area (TPSA) is 68.2 Å². The maximum atomic E-state index is 10.7. The van der Waals surface area contributed by atoms with Gasteiger partial charge in [0.2, 0.25) is 0 Å². The van der Waals surface area contributed by atoms with Crippen LogP contribution in [0.15, 0.2) is 0 Å². The maximum Gasteiger partial charge on any atom is 0.177 e. The van der Waals surface area contributed by atoms with Crippen LogP contribution < -0.4 is 0 Å². The summed E-state index contributed by atoms with van der Waals surface area (Å²) in [4.78, 5) is 0. The molecular weight excluding hydrogens is 212 g/mol. The van der Waals surface area contributed by atoms with Crippen molar-refractivity contribution in [1.82, 2.24) is 0 Å². The summed E-state index contributed by atoms with van der Waals surface area (Å²) >= 11 is 0. The van der Waals surface area contributed by atoms with Crippen molar-refractivity contribution in [3.05, 3.63) is 0 Å². The summed E-state index contributed by atoms with van der Waals surface area (Å²) in [7, 11) is 1.62. The van der Waals surface area contributed by atoms with Crippen molar-refractivity contribution in [3.63, 3.8) is 0 Å². The second-order valence-corrected chi connectivity index (χ2v) is 5.81. The first-order chi connectivity index (χ1) is 7.48. The number of hydrogen-bond donors (Lipinski definition) is 2. The molecule has 6 bridgehead atoms. The average molecular weight is 228 g/mol. The van der Waals surface area contributed by atoms with Crippen LogP contribution in [0, 0.1) is 11.3 Å². The summed E-state index contributed by atoms with van der Waals surface area (Å²) < 4.78 is 17.1. The molecule has 3 saturated heterocycles. The molecule has 6 rings (SSSR count). The molecule has 6 atom stereocenters. The molecule has 6 aliphatic rings. The first-order valence-corrected chi connectivity index (χ1v) is 5.72. The zero-order chi connectivity index (χ0) is 11.4. The molecule has 0 aromatic rings. The van der Waals surface area contributed by atoms with Gasteiger partial charge in [0.25, 0.3) is 0 Å². The highest BCUT2D eigenvalue weighted by molar-refractivity contribution is 5.36. The minimum Gasteiger partial charge on any atom is -0.395 e. The number of aliphatic hydroxyl groups excluding tert-OH is 1. The third-order valence-electron chi connectivity index (χ3n) is 5.58. The number of aliphatic hydroxyl groups is 2. The van der Waals surface area contributed by atoms with Gasteiger partial charge in [0.05, 0.1) is 12.0 Å². The Kier molecular flexibility index (Phi) is 1.35. The lowest BCUT2D eigenvalue weighted by molar-refractivity contribution is -0.390. The van der Waals surface area contributed by atoms with E-state index in [1.54, 1.807) is 7.11 Å². The Labute approximate surface area is 93.3 Å². The highest BCUT2D eigenvalue weighted by atomic mass is 16.8. The first-order valence-electron chi connectivity index (χ1n) is 5.72. The second-order valence-electron chi connectivity index (χ2n) is 5.81. The van der Waals surface area contributed by atoms with E-state index < -0.39 is 28.7 Å². The van der Waals surface area contributed by atoms with Gasteiger partial charge in [0.15, 0.2) is 12.1 Å². The molecule has 0 spiro atoms. The van der Waals surface area contributed by atoms with Gasteiger partial charge >= 0.3 is 0 Å². The van der Waals surface area contributed by atoms with Gasteiger partial charge in [-0.3, -0.25) is 0 Å². The molecule has 3 saturated carbocycles. The Balaban J connectivity index is 1.94. The standard InChI is InChI=1S/C11H16O5/c1-8-4-10(14-2)6-3-11(8,13)9(6,5-12)7(15-8)16-10/h6-7,12-13H,3-5H2,1-2H3/t6-,7-,8+,9+,10-,11+/m1/s1. The number of methoxy groups -OCH3 is 1. The Morgan fingerprint density at radius 1 is 1.44 bits per heavy atom.